The molecule has 0 heterocycles. The Morgan fingerprint density at radius 3 is 2.24 bits per heavy atom. The topological polar surface area (TPSA) is 9.23 Å². The van der Waals surface area contributed by atoms with Crippen LogP contribution in [0.1, 0.15) is 50.2 Å². The number of ether oxygens (including phenoxy) is 1. The van der Waals surface area contributed by atoms with E-state index in [0.29, 0.717) is 5.92 Å². The number of hydrogen-bond donors (Lipinski definition) is 0. The van der Waals surface area contributed by atoms with Crippen LogP contribution in [0.4, 0.5) is 0 Å². The molecule has 0 bridgehead atoms. The van der Waals surface area contributed by atoms with E-state index in [1.54, 1.807) is 0 Å². The summed E-state index contributed by atoms with van der Waals surface area (Å²) in [6, 6.07) is 19.1. The van der Waals surface area contributed by atoms with Crippen LogP contribution in [0.2, 0.25) is 0 Å². The summed E-state index contributed by atoms with van der Waals surface area (Å²) in [5, 5.41) is 0. The van der Waals surface area contributed by atoms with Gasteiger partial charge in [-0.05, 0) is 42.0 Å². The molecule has 1 atom stereocenters. The second-order valence-electron chi connectivity index (χ2n) is 5.55. The number of rotatable bonds is 8. The molecule has 1 unspecified atom stereocenters. The Labute approximate surface area is 129 Å². The van der Waals surface area contributed by atoms with Crippen molar-refractivity contribution in [3.8, 4) is 5.75 Å². The third kappa shape index (κ3) is 4.93. The van der Waals surface area contributed by atoms with Crippen LogP contribution in [-0.4, -0.2) is 6.61 Å². The molecule has 1 heteroatoms. The Balaban J connectivity index is 1.84. The molecule has 0 aliphatic rings. The molecule has 1 nitrogen and oxygen atoms in total. The number of benzene rings is 2. The SMILES string of the molecule is CCCC(CC)c1ccc(OCCc2ccccc2)cc1. The minimum atomic E-state index is 0.688. The maximum Gasteiger partial charge on any atom is 0.119 e. The van der Waals surface area contributed by atoms with Crippen molar-refractivity contribution in [1.29, 1.82) is 0 Å². The largest absolute Gasteiger partial charge is 0.493 e. The maximum absolute atomic E-state index is 5.84. The molecule has 0 aliphatic heterocycles. The van der Waals surface area contributed by atoms with Crippen LogP contribution < -0.4 is 4.74 Å². The zero-order valence-electron chi connectivity index (χ0n) is 13.2. The van der Waals surface area contributed by atoms with Gasteiger partial charge in [-0.2, -0.15) is 0 Å². The van der Waals surface area contributed by atoms with Gasteiger partial charge in [0.25, 0.3) is 0 Å². The van der Waals surface area contributed by atoms with E-state index in [-0.39, 0.29) is 0 Å². The summed E-state index contributed by atoms with van der Waals surface area (Å²) in [4.78, 5) is 0. The molecule has 0 fully saturated rings. The molecule has 2 aromatic rings. The molecule has 2 rings (SSSR count). The smallest absolute Gasteiger partial charge is 0.119 e. The first-order valence-corrected chi connectivity index (χ1v) is 8.10. The van der Waals surface area contributed by atoms with Crippen molar-refractivity contribution in [2.24, 2.45) is 0 Å². The Hall–Kier alpha value is -1.76. The quantitative estimate of drug-likeness (QED) is 0.612. The van der Waals surface area contributed by atoms with Crippen LogP contribution in [0.15, 0.2) is 54.6 Å². The van der Waals surface area contributed by atoms with Gasteiger partial charge in [-0.25, -0.2) is 0 Å². The normalized spacial score (nSPS) is 12.1. The van der Waals surface area contributed by atoms with Crippen LogP contribution in [-0.2, 0) is 6.42 Å². The van der Waals surface area contributed by atoms with Gasteiger partial charge in [0.15, 0.2) is 0 Å². The van der Waals surface area contributed by atoms with E-state index in [0.717, 1.165) is 18.8 Å². The summed E-state index contributed by atoms with van der Waals surface area (Å²) in [5.74, 6) is 1.66. The van der Waals surface area contributed by atoms with E-state index in [1.807, 2.05) is 6.07 Å². The highest BCUT2D eigenvalue weighted by molar-refractivity contribution is 5.29. The number of hydrogen-bond acceptors (Lipinski definition) is 1. The van der Waals surface area contributed by atoms with Gasteiger partial charge in [-0.3, -0.25) is 0 Å². The third-order valence-electron chi connectivity index (χ3n) is 3.98. The predicted octanol–water partition coefficient (Wildman–Crippen LogP) is 5.60. The van der Waals surface area contributed by atoms with Gasteiger partial charge in [0.2, 0.25) is 0 Å². The molecule has 0 N–H and O–H groups in total. The van der Waals surface area contributed by atoms with E-state index >= 15 is 0 Å². The molecule has 0 spiro atoms. The summed E-state index contributed by atoms with van der Waals surface area (Å²) >= 11 is 0. The van der Waals surface area contributed by atoms with Crippen LogP contribution >= 0.6 is 0 Å². The molecule has 0 aliphatic carbocycles. The lowest BCUT2D eigenvalue weighted by atomic mass is 9.92. The zero-order valence-corrected chi connectivity index (χ0v) is 13.2. The van der Waals surface area contributed by atoms with Crippen molar-refractivity contribution in [3.63, 3.8) is 0 Å². The maximum atomic E-state index is 5.84. The minimum Gasteiger partial charge on any atom is -0.493 e. The molecule has 0 radical (unpaired) electrons. The van der Waals surface area contributed by atoms with Gasteiger partial charge in [0.05, 0.1) is 6.61 Å². The highest BCUT2D eigenvalue weighted by Gasteiger charge is 2.08. The van der Waals surface area contributed by atoms with Crippen LogP contribution in [0.3, 0.4) is 0 Å². The van der Waals surface area contributed by atoms with Crippen molar-refractivity contribution in [2.45, 2.75) is 45.4 Å². The van der Waals surface area contributed by atoms with Crippen molar-refractivity contribution in [2.75, 3.05) is 6.61 Å². The van der Waals surface area contributed by atoms with E-state index in [9.17, 15) is 0 Å². The van der Waals surface area contributed by atoms with Crippen molar-refractivity contribution in [1.82, 2.24) is 0 Å². The third-order valence-corrected chi connectivity index (χ3v) is 3.98. The van der Waals surface area contributed by atoms with Crippen LogP contribution in [0, 0.1) is 0 Å². The van der Waals surface area contributed by atoms with Gasteiger partial charge in [-0.15, -0.1) is 0 Å². The lowest BCUT2D eigenvalue weighted by molar-refractivity contribution is 0.322. The van der Waals surface area contributed by atoms with Gasteiger partial charge in [0, 0.05) is 6.42 Å². The highest BCUT2D eigenvalue weighted by Crippen LogP contribution is 2.26. The average Bonchev–Trinajstić information content (AvgIpc) is 2.54. The van der Waals surface area contributed by atoms with Crippen LogP contribution in [0.5, 0.6) is 5.75 Å². The zero-order chi connectivity index (χ0) is 14.9. The van der Waals surface area contributed by atoms with Crippen molar-refractivity contribution < 1.29 is 4.74 Å². The molecule has 21 heavy (non-hydrogen) atoms. The van der Waals surface area contributed by atoms with E-state index in [2.05, 4.69) is 62.4 Å². The minimum absolute atomic E-state index is 0.688. The molecule has 0 saturated carbocycles. The Morgan fingerprint density at radius 1 is 0.905 bits per heavy atom. The fraction of sp³-hybridized carbons (Fsp3) is 0.400. The summed E-state index contributed by atoms with van der Waals surface area (Å²) in [6.45, 7) is 5.25. The monoisotopic (exact) mass is 282 g/mol. The Kier molecular flexibility index (Phi) is 6.33. The summed E-state index contributed by atoms with van der Waals surface area (Å²) in [6.07, 6.45) is 4.68. The van der Waals surface area contributed by atoms with Crippen molar-refractivity contribution >= 4 is 0 Å². The Bertz CT molecular complexity index is 501. The lowest BCUT2D eigenvalue weighted by Gasteiger charge is -2.15. The summed E-state index contributed by atoms with van der Waals surface area (Å²) < 4.78 is 5.84. The molecule has 112 valence electrons. The fourth-order valence-corrected chi connectivity index (χ4v) is 2.72. The van der Waals surface area contributed by atoms with Gasteiger partial charge in [-0.1, -0.05) is 62.7 Å². The summed E-state index contributed by atoms with van der Waals surface area (Å²) in [5.41, 5.74) is 2.76. The predicted molar refractivity (Wildman–Crippen MR) is 90.0 cm³/mol. The molecule has 0 amide bonds. The fourth-order valence-electron chi connectivity index (χ4n) is 2.72. The van der Waals surface area contributed by atoms with E-state index < -0.39 is 0 Å². The Morgan fingerprint density at radius 2 is 1.62 bits per heavy atom. The second kappa shape index (κ2) is 8.51. The van der Waals surface area contributed by atoms with E-state index in [1.165, 1.54) is 30.4 Å². The molecule has 0 saturated heterocycles. The summed E-state index contributed by atoms with van der Waals surface area (Å²) in [7, 11) is 0. The van der Waals surface area contributed by atoms with Gasteiger partial charge in [0.1, 0.15) is 5.75 Å². The first kappa shape index (κ1) is 15.6. The molecular weight excluding hydrogens is 256 g/mol. The van der Waals surface area contributed by atoms with Gasteiger partial charge >= 0.3 is 0 Å². The molecule has 2 aromatic carbocycles. The lowest BCUT2D eigenvalue weighted by Crippen LogP contribution is -2.02. The highest BCUT2D eigenvalue weighted by atomic mass is 16.5. The van der Waals surface area contributed by atoms with Gasteiger partial charge < -0.3 is 4.74 Å². The average molecular weight is 282 g/mol. The standard InChI is InChI=1S/C20H26O/c1-3-8-18(4-2)19-11-13-20(14-12-19)21-16-15-17-9-6-5-7-10-17/h5-7,9-14,18H,3-4,8,15-16H2,1-2H3. The van der Waals surface area contributed by atoms with E-state index in [4.69, 9.17) is 4.74 Å². The van der Waals surface area contributed by atoms with Crippen LogP contribution in [0.25, 0.3) is 0 Å². The molecular formula is C20H26O. The van der Waals surface area contributed by atoms with Crippen molar-refractivity contribution in [3.05, 3.63) is 65.7 Å². The first-order chi connectivity index (χ1) is 10.3. The second-order valence-corrected chi connectivity index (χ2v) is 5.55. The molecule has 0 aromatic heterocycles. The first-order valence-electron chi connectivity index (χ1n) is 8.10.